The van der Waals surface area contributed by atoms with E-state index in [-0.39, 0.29) is 17.2 Å². The Kier molecular flexibility index (Phi) is 7.56. The maximum Gasteiger partial charge on any atom is 0.143 e. The second kappa shape index (κ2) is 9.67. The molecule has 0 aromatic heterocycles. The molecule has 0 radical (unpaired) electrons. The SMILES string of the molecule is CCCCCC1CCC(C#Cc2c(F)cc(N=C=S)cc2F)CC1. The molecule has 1 saturated carbocycles. The summed E-state index contributed by atoms with van der Waals surface area (Å²) in [7, 11) is 0. The number of hydrogen-bond donors (Lipinski definition) is 0. The Morgan fingerprint density at radius 1 is 1.12 bits per heavy atom. The fourth-order valence-corrected chi connectivity index (χ4v) is 3.35. The van der Waals surface area contributed by atoms with Crippen molar-refractivity contribution in [2.24, 2.45) is 16.8 Å². The summed E-state index contributed by atoms with van der Waals surface area (Å²) >= 11 is 4.44. The van der Waals surface area contributed by atoms with Crippen molar-refractivity contribution in [3.63, 3.8) is 0 Å². The molecular formula is C20H23F2NS. The van der Waals surface area contributed by atoms with E-state index in [0.717, 1.165) is 30.9 Å². The molecule has 4 heteroatoms. The summed E-state index contributed by atoms with van der Waals surface area (Å²) in [4.78, 5) is 3.59. The van der Waals surface area contributed by atoms with Gasteiger partial charge in [-0.1, -0.05) is 44.4 Å². The minimum absolute atomic E-state index is 0.123. The van der Waals surface area contributed by atoms with Crippen LogP contribution in [0.1, 0.15) is 63.9 Å². The van der Waals surface area contributed by atoms with Gasteiger partial charge in [-0.2, -0.15) is 4.99 Å². The highest BCUT2D eigenvalue weighted by atomic mass is 32.1. The number of rotatable bonds is 5. The van der Waals surface area contributed by atoms with Crippen LogP contribution in [-0.4, -0.2) is 5.16 Å². The van der Waals surface area contributed by atoms with Crippen LogP contribution in [0.4, 0.5) is 14.5 Å². The van der Waals surface area contributed by atoms with Crippen LogP contribution in [0.25, 0.3) is 0 Å². The Labute approximate surface area is 148 Å². The van der Waals surface area contributed by atoms with Gasteiger partial charge >= 0.3 is 0 Å². The van der Waals surface area contributed by atoms with E-state index in [1.165, 1.54) is 38.5 Å². The summed E-state index contributed by atoms with van der Waals surface area (Å²) in [6.45, 7) is 2.22. The molecule has 0 bridgehead atoms. The Bertz CT molecular complexity index is 637. The lowest BCUT2D eigenvalue weighted by Crippen LogP contribution is -2.13. The topological polar surface area (TPSA) is 12.4 Å². The van der Waals surface area contributed by atoms with Crippen molar-refractivity contribution in [3.05, 3.63) is 29.3 Å². The van der Waals surface area contributed by atoms with Gasteiger partial charge in [0.1, 0.15) is 11.6 Å². The smallest absolute Gasteiger partial charge is 0.143 e. The molecule has 1 nitrogen and oxygen atoms in total. The number of thiocarbonyl (C=S) groups is 1. The zero-order valence-electron chi connectivity index (χ0n) is 14.1. The van der Waals surface area contributed by atoms with Gasteiger partial charge in [-0.15, -0.1) is 0 Å². The molecule has 1 aliphatic carbocycles. The van der Waals surface area contributed by atoms with Crippen molar-refractivity contribution in [2.75, 3.05) is 0 Å². The van der Waals surface area contributed by atoms with Gasteiger partial charge in [-0.05, 0) is 43.8 Å². The number of aliphatic imine (C=N–C) groups is 1. The van der Waals surface area contributed by atoms with Crippen molar-refractivity contribution in [2.45, 2.75) is 58.3 Å². The first-order valence-electron chi connectivity index (χ1n) is 8.72. The number of halogens is 2. The van der Waals surface area contributed by atoms with Crippen LogP contribution in [-0.2, 0) is 0 Å². The molecule has 0 amide bonds. The molecule has 0 unspecified atom stereocenters. The first-order chi connectivity index (χ1) is 11.6. The quantitative estimate of drug-likeness (QED) is 0.258. The van der Waals surface area contributed by atoms with Crippen LogP contribution >= 0.6 is 12.2 Å². The zero-order chi connectivity index (χ0) is 17.4. The third kappa shape index (κ3) is 5.51. The normalized spacial score (nSPS) is 20.0. The number of unbranched alkanes of at least 4 members (excludes halogenated alkanes) is 2. The van der Waals surface area contributed by atoms with Gasteiger partial charge in [0.2, 0.25) is 0 Å². The summed E-state index contributed by atoms with van der Waals surface area (Å²) in [5, 5.41) is 2.10. The number of benzene rings is 1. The Morgan fingerprint density at radius 2 is 1.79 bits per heavy atom. The van der Waals surface area contributed by atoms with E-state index < -0.39 is 11.6 Å². The Balaban J connectivity index is 1.95. The first-order valence-corrected chi connectivity index (χ1v) is 9.13. The van der Waals surface area contributed by atoms with E-state index in [0.29, 0.717) is 0 Å². The van der Waals surface area contributed by atoms with Crippen LogP contribution in [0, 0.1) is 35.3 Å². The van der Waals surface area contributed by atoms with Gasteiger partial charge in [0.25, 0.3) is 0 Å². The van der Waals surface area contributed by atoms with E-state index in [9.17, 15) is 8.78 Å². The maximum atomic E-state index is 14.0. The number of isothiocyanates is 1. The van der Waals surface area contributed by atoms with E-state index in [4.69, 9.17) is 0 Å². The monoisotopic (exact) mass is 347 g/mol. The summed E-state index contributed by atoms with van der Waals surface area (Å²) in [6, 6.07) is 2.27. The summed E-state index contributed by atoms with van der Waals surface area (Å²) in [6.07, 6.45) is 9.59. The Morgan fingerprint density at radius 3 is 2.38 bits per heavy atom. The lowest BCUT2D eigenvalue weighted by atomic mass is 9.80. The second-order valence-electron chi connectivity index (χ2n) is 6.47. The molecule has 1 aromatic rings. The molecule has 0 aliphatic heterocycles. The van der Waals surface area contributed by atoms with Gasteiger partial charge in [0.15, 0.2) is 0 Å². The fraction of sp³-hybridized carbons (Fsp3) is 0.550. The first kappa shape index (κ1) is 18.8. The average Bonchev–Trinajstić information content (AvgIpc) is 2.56. The molecule has 0 atom stereocenters. The minimum atomic E-state index is -0.695. The molecular weight excluding hydrogens is 324 g/mol. The fourth-order valence-electron chi connectivity index (χ4n) is 3.25. The molecule has 0 saturated heterocycles. The van der Waals surface area contributed by atoms with Gasteiger partial charge in [0.05, 0.1) is 16.4 Å². The molecule has 1 fully saturated rings. The Hall–Kier alpha value is -1.56. The largest absolute Gasteiger partial charge is 0.205 e. The maximum absolute atomic E-state index is 14.0. The molecule has 128 valence electrons. The third-order valence-electron chi connectivity index (χ3n) is 4.67. The molecule has 1 aromatic carbocycles. The third-order valence-corrected chi connectivity index (χ3v) is 4.76. The van der Waals surface area contributed by atoms with Crippen LogP contribution in [0.15, 0.2) is 17.1 Å². The predicted molar refractivity (Wildman–Crippen MR) is 97.5 cm³/mol. The summed E-state index contributed by atoms with van der Waals surface area (Å²) in [5.41, 5.74) is -0.0541. The lowest BCUT2D eigenvalue weighted by molar-refractivity contribution is 0.294. The van der Waals surface area contributed by atoms with Gasteiger partial charge in [0, 0.05) is 18.1 Å². The van der Waals surface area contributed by atoms with Gasteiger partial charge in [-0.3, -0.25) is 0 Å². The van der Waals surface area contributed by atoms with Crippen LogP contribution in [0.3, 0.4) is 0 Å². The van der Waals surface area contributed by atoms with Crippen molar-refractivity contribution in [1.82, 2.24) is 0 Å². The zero-order valence-corrected chi connectivity index (χ0v) is 14.9. The highest BCUT2D eigenvalue weighted by Crippen LogP contribution is 2.32. The van der Waals surface area contributed by atoms with E-state index in [2.05, 4.69) is 41.1 Å². The van der Waals surface area contributed by atoms with Gasteiger partial charge in [-0.25, -0.2) is 8.78 Å². The molecule has 2 rings (SSSR count). The lowest BCUT2D eigenvalue weighted by Gasteiger charge is -2.25. The van der Waals surface area contributed by atoms with E-state index >= 15 is 0 Å². The molecule has 0 heterocycles. The van der Waals surface area contributed by atoms with Crippen molar-refractivity contribution >= 4 is 23.1 Å². The second-order valence-corrected chi connectivity index (χ2v) is 6.65. The summed E-state index contributed by atoms with van der Waals surface area (Å²) in [5.74, 6) is 5.41. The number of hydrogen-bond acceptors (Lipinski definition) is 2. The molecule has 0 spiro atoms. The number of nitrogens with zero attached hydrogens (tertiary/aromatic N) is 1. The molecule has 24 heavy (non-hydrogen) atoms. The predicted octanol–water partition coefficient (Wildman–Crippen LogP) is 6.44. The van der Waals surface area contributed by atoms with Crippen LogP contribution in [0.5, 0.6) is 0 Å². The van der Waals surface area contributed by atoms with E-state index in [1.807, 2.05) is 0 Å². The van der Waals surface area contributed by atoms with Crippen molar-refractivity contribution in [3.8, 4) is 11.8 Å². The average molecular weight is 347 g/mol. The highest BCUT2D eigenvalue weighted by molar-refractivity contribution is 7.78. The van der Waals surface area contributed by atoms with Crippen LogP contribution in [0.2, 0.25) is 0 Å². The van der Waals surface area contributed by atoms with E-state index in [1.54, 1.807) is 0 Å². The van der Waals surface area contributed by atoms with Crippen molar-refractivity contribution in [1.29, 1.82) is 0 Å². The highest BCUT2D eigenvalue weighted by Gasteiger charge is 2.19. The van der Waals surface area contributed by atoms with Crippen molar-refractivity contribution < 1.29 is 8.78 Å². The summed E-state index contributed by atoms with van der Waals surface area (Å²) < 4.78 is 27.9. The van der Waals surface area contributed by atoms with Crippen LogP contribution < -0.4 is 0 Å². The molecule has 0 N–H and O–H groups in total. The minimum Gasteiger partial charge on any atom is -0.205 e. The molecule has 1 aliphatic rings. The van der Waals surface area contributed by atoms with Gasteiger partial charge < -0.3 is 0 Å². The standard InChI is InChI=1S/C20H23F2NS/c1-2-3-4-5-15-6-8-16(9-7-15)10-11-18-19(21)12-17(23-14-24)13-20(18)22/h12-13,15-16H,2-9H2,1H3.